The topological polar surface area (TPSA) is 70.8 Å². The molecule has 82 valence electrons. The molecule has 2 aliphatic rings. The third-order valence-electron chi connectivity index (χ3n) is 2.31. The fourth-order valence-corrected chi connectivity index (χ4v) is 1.51. The minimum absolute atomic E-state index is 0.0235. The lowest BCUT2D eigenvalue weighted by Crippen LogP contribution is -2.38. The van der Waals surface area contributed by atoms with E-state index in [9.17, 15) is 4.79 Å². The highest BCUT2D eigenvalue weighted by molar-refractivity contribution is 5.72. The number of ether oxygens (including phenoxy) is 1. The van der Waals surface area contributed by atoms with Crippen LogP contribution in [0.15, 0.2) is 24.5 Å². The molecule has 1 unspecified atom stereocenters. The Morgan fingerprint density at radius 2 is 2.47 bits per heavy atom. The number of carbonyl (C=O) groups excluding carboxylic acids is 1. The van der Waals surface area contributed by atoms with Crippen molar-refractivity contribution in [2.24, 2.45) is 5.73 Å². The van der Waals surface area contributed by atoms with Crippen molar-refractivity contribution in [3.05, 3.63) is 24.5 Å². The van der Waals surface area contributed by atoms with Gasteiger partial charge in [-0.3, -0.25) is 4.90 Å². The van der Waals surface area contributed by atoms with Gasteiger partial charge in [-0.15, -0.1) is 0 Å². The maximum Gasteiger partial charge on any atom is 0.316 e. The van der Waals surface area contributed by atoms with Gasteiger partial charge in [0, 0.05) is 0 Å². The molecule has 0 bridgehead atoms. The van der Waals surface area contributed by atoms with Gasteiger partial charge < -0.3 is 10.5 Å². The summed E-state index contributed by atoms with van der Waals surface area (Å²) in [7, 11) is 0. The number of amides is 2. The first kappa shape index (κ1) is 10.0. The van der Waals surface area contributed by atoms with E-state index < -0.39 is 6.03 Å². The van der Waals surface area contributed by atoms with Gasteiger partial charge in [-0.25, -0.2) is 15.2 Å². The molecule has 2 amide bonds. The van der Waals surface area contributed by atoms with Gasteiger partial charge in [0.2, 0.25) is 0 Å². The van der Waals surface area contributed by atoms with E-state index in [2.05, 4.69) is 5.43 Å². The molecule has 0 aromatic carbocycles. The van der Waals surface area contributed by atoms with E-state index in [1.807, 2.05) is 23.2 Å². The van der Waals surface area contributed by atoms with Gasteiger partial charge >= 0.3 is 6.03 Å². The first-order valence-corrected chi connectivity index (χ1v) is 4.77. The van der Waals surface area contributed by atoms with Gasteiger partial charge in [0.25, 0.3) is 0 Å². The molecule has 2 heterocycles. The number of hydrogen-bond acceptors (Lipinski definition) is 4. The van der Waals surface area contributed by atoms with E-state index in [0.29, 0.717) is 19.9 Å². The molecule has 0 aromatic heterocycles. The highest BCUT2D eigenvalue weighted by atomic mass is 16.5. The molecule has 0 radical (unpaired) electrons. The third-order valence-corrected chi connectivity index (χ3v) is 2.31. The second-order valence-electron chi connectivity index (χ2n) is 3.45. The monoisotopic (exact) mass is 210 g/mol. The van der Waals surface area contributed by atoms with Crippen LogP contribution in [-0.2, 0) is 4.74 Å². The number of hydrazine groups is 1. The van der Waals surface area contributed by atoms with Crippen LogP contribution < -0.4 is 11.2 Å². The summed E-state index contributed by atoms with van der Waals surface area (Å²) in [5.74, 6) is 0. The van der Waals surface area contributed by atoms with Crippen LogP contribution in [0, 0.1) is 0 Å². The predicted octanol–water partition coefficient (Wildman–Crippen LogP) is -0.429. The molecule has 0 aliphatic carbocycles. The molecule has 1 atom stereocenters. The standard InChI is InChI=1S/C9H14N4O2/c10-9(14)12-6-11-13(7-12)5-8-3-1-2-4-15-8/h1-4,8,11H,5-7H2,(H2,10,14). The fraction of sp³-hybridized carbons (Fsp3) is 0.444. The summed E-state index contributed by atoms with van der Waals surface area (Å²) in [6.45, 7) is 1.64. The van der Waals surface area contributed by atoms with Gasteiger partial charge in [-0.2, -0.15) is 0 Å². The molecule has 0 saturated carbocycles. The van der Waals surface area contributed by atoms with Crippen molar-refractivity contribution in [2.45, 2.75) is 6.10 Å². The van der Waals surface area contributed by atoms with Crippen LogP contribution in [0.25, 0.3) is 0 Å². The highest BCUT2D eigenvalue weighted by Crippen LogP contribution is 2.06. The SMILES string of the molecule is NC(=O)N1CNN(CC2C=CC=CO2)C1. The van der Waals surface area contributed by atoms with E-state index in [4.69, 9.17) is 10.5 Å². The van der Waals surface area contributed by atoms with Crippen molar-refractivity contribution in [2.75, 3.05) is 19.9 Å². The number of nitrogens with two attached hydrogens (primary N) is 1. The fourth-order valence-electron chi connectivity index (χ4n) is 1.51. The highest BCUT2D eigenvalue weighted by Gasteiger charge is 2.23. The number of hydrogen-bond donors (Lipinski definition) is 2. The molecule has 0 spiro atoms. The molecule has 1 saturated heterocycles. The van der Waals surface area contributed by atoms with Crippen molar-refractivity contribution >= 4 is 6.03 Å². The Balaban J connectivity index is 1.79. The maximum absolute atomic E-state index is 10.9. The van der Waals surface area contributed by atoms with Gasteiger partial charge in [0.05, 0.1) is 26.1 Å². The van der Waals surface area contributed by atoms with Crippen LogP contribution in [0.4, 0.5) is 4.79 Å². The summed E-state index contributed by atoms with van der Waals surface area (Å²) >= 11 is 0. The van der Waals surface area contributed by atoms with Crippen LogP contribution in [0.2, 0.25) is 0 Å². The first-order valence-electron chi connectivity index (χ1n) is 4.77. The van der Waals surface area contributed by atoms with Crippen LogP contribution in [0.1, 0.15) is 0 Å². The van der Waals surface area contributed by atoms with Crippen molar-refractivity contribution < 1.29 is 9.53 Å². The summed E-state index contributed by atoms with van der Waals surface area (Å²) in [6, 6.07) is -0.412. The van der Waals surface area contributed by atoms with E-state index in [0.717, 1.165) is 0 Å². The summed E-state index contributed by atoms with van der Waals surface area (Å²) in [5.41, 5.74) is 8.21. The van der Waals surface area contributed by atoms with Crippen LogP contribution in [-0.4, -0.2) is 41.9 Å². The quantitative estimate of drug-likeness (QED) is 0.649. The smallest absolute Gasteiger partial charge is 0.316 e. The Morgan fingerprint density at radius 1 is 1.60 bits per heavy atom. The number of allylic oxidation sites excluding steroid dienone is 2. The van der Waals surface area contributed by atoms with Gasteiger partial charge in [-0.1, -0.05) is 6.08 Å². The molecule has 15 heavy (non-hydrogen) atoms. The Labute approximate surface area is 87.9 Å². The summed E-state index contributed by atoms with van der Waals surface area (Å²) in [4.78, 5) is 12.4. The summed E-state index contributed by atoms with van der Waals surface area (Å²) < 4.78 is 5.35. The molecule has 3 N–H and O–H groups in total. The average Bonchev–Trinajstić information content (AvgIpc) is 2.68. The number of carbonyl (C=O) groups is 1. The Hall–Kier alpha value is -1.53. The van der Waals surface area contributed by atoms with Gasteiger partial charge in [0.15, 0.2) is 0 Å². The second-order valence-corrected chi connectivity index (χ2v) is 3.45. The largest absolute Gasteiger partial charge is 0.493 e. The molecule has 1 fully saturated rings. The van der Waals surface area contributed by atoms with Gasteiger partial charge in [-0.05, 0) is 12.2 Å². The lowest BCUT2D eigenvalue weighted by molar-refractivity contribution is 0.109. The second kappa shape index (κ2) is 4.33. The average molecular weight is 210 g/mol. The number of rotatable bonds is 2. The summed E-state index contributed by atoms with van der Waals surface area (Å²) in [5, 5.41) is 1.90. The molecule has 2 aliphatic heterocycles. The molecular weight excluding hydrogens is 196 g/mol. The van der Waals surface area contributed by atoms with E-state index >= 15 is 0 Å². The normalized spacial score (nSPS) is 25.6. The minimum Gasteiger partial charge on any atom is -0.493 e. The van der Waals surface area contributed by atoms with E-state index in [-0.39, 0.29) is 6.10 Å². The third kappa shape index (κ3) is 2.48. The van der Waals surface area contributed by atoms with Crippen molar-refractivity contribution in [1.29, 1.82) is 0 Å². The lowest BCUT2D eigenvalue weighted by Gasteiger charge is -2.21. The van der Waals surface area contributed by atoms with Crippen LogP contribution in [0.3, 0.4) is 0 Å². The zero-order valence-corrected chi connectivity index (χ0v) is 8.30. The number of nitrogens with one attached hydrogen (secondary N) is 1. The van der Waals surface area contributed by atoms with E-state index in [1.165, 1.54) is 4.90 Å². The number of primary amides is 1. The molecule has 6 nitrogen and oxygen atoms in total. The zero-order valence-electron chi connectivity index (χ0n) is 8.30. The number of urea groups is 1. The zero-order chi connectivity index (χ0) is 10.7. The molecule has 6 heteroatoms. The maximum atomic E-state index is 10.9. The van der Waals surface area contributed by atoms with E-state index in [1.54, 1.807) is 6.26 Å². The minimum atomic E-state index is -0.412. The summed E-state index contributed by atoms with van der Waals surface area (Å²) in [6.07, 6.45) is 7.43. The Morgan fingerprint density at radius 3 is 3.07 bits per heavy atom. The lowest BCUT2D eigenvalue weighted by atomic mass is 10.3. The predicted molar refractivity (Wildman–Crippen MR) is 54.2 cm³/mol. The molecule has 0 aromatic rings. The first-order chi connectivity index (χ1) is 7.25. The van der Waals surface area contributed by atoms with Crippen LogP contribution >= 0.6 is 0 Å². The van der Waals surface area contributed by atoms with Crippen LogP contribution in [0.5, 0.6) is 0 Å². The van der Waals surface area contributed by atoms with Crippen molar-refractivity contribution in [1.82, 2.24) is 15.3 Å². The number of nitrogens with zero attached hydrogens (tertiary/aromatic N) is 2. The van der Waals surface area contributed by atoms with Gasteiger partial charge in [0.1, 0.15) is 6.10 Å². The van der Waals surface area contributed by atoms with Crippen molar-refractivity contribution in [3.8, 4) is 0 Å². The Kier molecular flexibility index (Phi) is 2.89. The molecular formula is C9H14N4O2. The van der Waals surface area contributed by atoms with Crippen molar-refractivity contribution in [3.63, 3.8) is 0 Å². The molecule has 2 rings (SSSR count). The Bertz CT molecular complexity index is 302.